The maximum Gasteiger partial charge on any atom is 0.272 e. The summed E-state index contributed by atoms with van der Waals surface area (Å²) in [5, 5.41) is 2.86. The van der Waals surface area contributed by atoms with Crippen molar-refractivity contribution in [3.63, 3.8) is 0 Å². The molecular weight excluding hydrogens is 254 g/mol. The van der Waals surface area contributed by atoms with Crippen molar-refractivity contribution in [3.05, 3.63) is 24.3 Å². The zero-order valence-corrected chi connectivity index (χ0v) is 11.8. The molecule has 0 bridgehead atoms. The number of rotatable bonds is 5. The predicted molar refractivity (Wildman–Crippen MR) is 75.2 cm³/mol. The van der Waals surface area contributed by atoms with Gasteiger partial charge in [0, 0.05) is 18.8 Å². The minimum absolute atomic E-state index is 0.106. The van der Waals surface area contributed by atoms with Gasteiger partial charge in [-0.3, -0.25) is 14.6 Å². The summed E-state index contributed by atoms with van der Waals surface area (Å²) in [6, 6.07) is -0.380. The zero-order valence-electron chi connectivity index (χ0n) is 11.8. The van der Waals surface area contributed by atoms with Crippen LogP contribution in [0.25, 0.3) is 0 Å². The van der Waals surface area contributed by atoms with E-state index in [1.165, 1.54) is 25.0 Å². The molecule has 1 saturated carbocycles. The van der Waals surface area contributed by atoms with E-state index in [2.05, 4.69) is 15.3 Å². The Balaban J connectivity index is 2.07. The van der Waals surface area contributed by atoms with Gasteiger partial charge in [0.1, 0.15) is 5.69 Å². The van der Waals surface area contributed by atoms with E-state index in [4.69, 9.17) is 0 Å². The van der Waals surface area contributed by atoms with Crippen LogP contribution < -0.4 is 5.32 Å². The van der Waals surface area contributed by atoms with Gasteiger partial charge >= 0.3 is 0 Å². The third-order valence-electron chi connectivity index (χ3n) is 3.90. The molecule has 1 heterocycles. The van der Waals surface area contributed by atoms with Crippen molar-refractivity contribution in [2.24, 2.45) is 5.92 Å². The van der Waals surface area contributed by atoms with Crippen molar-refractivity contribution < 1.29 is 9.59 Å². The molecule has 0 aliphatic heterocycles. The molecule has 1 fully saturated rings. The summed E-state index contributed by atoms with van der Waals surface area (Å²) in [4.78, 5) is 32.1. The molecule has 1 aliphatic carbocycles. The van der Waals surface area contributed by atoms with Gasteiger partial charge in [0.25, 0.3) is 5.91 Å². The Morgan fingerprint density at radius 2 is 2.05 bits per heavy atom. The molecule has 1 amide bonds. The standard InChI is InChI=1S/C15H21N3O2/c1-2-13(19)14(11-6-4-3-5-7-11)18-15(20)12-10-16-8-9-17-12/h8-11,14H,2-7H2,1H3,(H,18,20)/t14-/m0/s1. The van der Waals surface area contributed by atoms with E-state index in [0.717, 1.165) is 25.7 Å². The fraction of sp³-hybridized carbons (Fsp3) is 0.600. The SMILES string of the molecule is CCC(=O)[C@@H](NC(=O)c1cnccn1)C1CCCCC1. The van der Waals surface area contributed by atoms with Crippen LogP contribution in [0.15, 0.2) is 18.6 Å². The fourth-order valence-corrected chi connectivity index (χ4v) is 2.78. The first-order valence-electron chi connectivity index (χ1n) is 7.32. The van der Waals surface area contributed by atoms with Crippen LogP contribution in [-0.4, -0.2) is 27.7 Å². The highest BCUT2D eigenvalue weighted by Gasteiger charge is 2.30. The number of carbonyl (C=O) groups is 2. The molecule has 1 aromatic rings. The normalized spacial score (nSPS) is 17.4. The summed E-state index contributed by atoms with van der Waals surface area (Å²) in [6.07, 6.45) is 10.4. The lowest BCUT2D eigenvalue weighted by atomic mass is 9.81. The molecule has 20 heavy (non-hydrogen) atoms. The van der Waals surface area contributed by atoms with Gasteiger partial charge in [-0.05, 0) is 18.8 Å². The number of carbonyl (C=O) groups excluding carboxylic acids is 2. The molecule has 0 radical (unpaired) electrons. The van der Waals surface area contributed by atoms with Gasteiger partial charge in [0.15, 0.2) is 5.78 Å². The molecule has 108 valence electrons. The Morgan fingerprint density at radius 1 is 1.30 bits per heavy atom. The molecule has 1 atom stereocenters. The van der Waals surface area contributed by atoms with E-state index in [-0.39, 0.29) is 29.3 Å². The number of Topliss-reactive ketones (excluding diaryl/α,β-unsaturated/α-hetero) is 1. The third-order valence-corrected chi connectivity index (χ3v) is 3.90. The lowest BCUT2D eigenvalue weighted by molar-refractivity contribution is -0.122. The molecule has 1 aliphatic rings. The molecule has 1 aromatic heterocycles. The molecule has 0 spiro atoms. The highest BCUT2D eigenvalue weighted by molar-refractivity contribution is 5.96. The molecule has 5 nitrogen and oxygen atoms in total. The summed E-state index contributed by atoms with van der Waals surface area (Å²) in [5.74, 6) is 0.0569. The zero-order chi connectivity index (χ0) is 14.4. The smallest absolute Gasteiger partial charge is 0.272 e. The first kappa shape index (κ1) is 14.6. The van der Waals surface area contributed by atoms with Crippen LogP contribution in [0.3, 0.4) is 0 Å². The summed E-state index contributed by atoms with van der Waals surface area (Å²) in [7, 11) is 0. The molecular formula is C15H21N3O2. The average Bonchev–Trinajstić information content (AvgIpc) is 2.53. The van der Waals surface area contributed by atoms with Crippen molar-refractivity contribution in [2.45, 2.75) is 51.5 Å². The van der Waals surface area contributed by atoms with Gasteiger partial charge in [0.05, 0.1) is 12.2 Å². The Labute approximate surface area is 119 Å². The Kier molecular flexibility index (Phi) is 5.21. The quantitative estimate of drug-likeness (QED) is 0.893. The van der Waals surface area contributed by atoms with E-state index < -0.39 is 0 Å². The van der Waals surface area contributed by atoms with Crippen LogP contribution in [0.1, 0.15) is 55.9 Å². The Hall–Kier alpha value is -1.78. The van der Waals surface area contributed by atoms with E-state index in [1.54, 1.807) is 0 Å². The highest BCUT2D eigenvalue weighted by atomic mass is 16.2. The second kappa shape index (κ2) is 7.12. The summed E-state index contributed by atoms with van der Waals surface area (Å²) >= 11 is 0. The van der Waals surface area contributed by atoms with Crippen molar-refractivity contribution in [2.75, 3.05) is 0 Å². The van der Waals surface area contributed by atoms with Gasteiger partial charge in [-0.15, -0.1) is 0 Å². The van der Waals surface area contributed by atoms with Gasteiger partial charge < -0.3 is 5.32 Å². The lowest BCUT2D eigenvalue weighted by Gasteiger charge is -2.29. The van der Waals surface area contributed by atoms with E-state index in [0.29, 0.717) is 6.42 Å². The number of hydrogen-bond donors (Lipinski definition) is 1. The average molecular weight is 275 g/mol. The van der Waals surface area contributed by atoms with Crippen molar-refractivity contribution in [1.82, 2.24) is 15.3 Å². The molecule has 0 unspecified atom stereocenters. The third kappa shape index (κ3) is 3.62. The number of aromatic nitrogens is 2. The maximum atomic E-state index is 12.2. The minimum atomic E-state index is -0.380. The molecule has 1 N–H and O–H groups in total. The van der Waals surface area contributed by atoms with Crippen LogP contribution in [0.5, 0.6) is 0 Å². The summed E-state index contributed by atoms with van der Waals surface area (Å²) < 4.78 is 0. The van der Waals surface area contributed by atoms with Crippen molar-refractivity contribution in [3.8, 4) is 0 Å². The topological polar surface area (TPSA) is 72.0 Å². The summed E-state index contributed by atoms with van der Waals surface area (Å²) in [5.41, 5.74) is 0.261. The number of hydrogen-bond acceptors (Lipinski definition) is 4. The van der Waals surface area contributed by atoms with E-state index in [9.17, 15) is 9.59 Å². The number of ketones is 1. The van der Waals surface area contributed by atoms with Gasteiger partial charge in [-0.2, -0.15) is 0 Å². The van der Waals surface area contributed by atoms with E-state index >= 15 is 0 Å². The van der Waals surface area contributed by atoms with Crippen LogP contribution in [0.4, 0.5) is 0 Å². The van der Waals surface area contributed by atoms with Crippen LogP contribution in [0.2, 0.25) is 0 Å². The first-order chi connectivity index (χ1) is 9.72. The highest BCUT2D eigenvalue weighted by Crippen LogP contribution is 2.27. The molecule has 2 rings (SSSR count). The van der Waals surface area contributed by atoms with Gasteiger partial charge in [0.2, 0.25) is 0 Å². The molecule has 0 saturated heterocycles. The summed E-state index contributed by atoms with van der Waals surface area (Å²) in [6.45, 7) is 1.84. The molecule has 5 heteroatoms. The lowest BCUT2D eigenvalue weighted by Crippen LogP contribution is -2.46. The van der Waals surface area contributed by atoms with Crippen LogP contribution in [-0.2, 0) is 4.79 Å². The number of nitrogens with one attached hydrogen (secondary N) is 1. The second-order valence-electron chi connectivity index (χ2n) is 5.26. The predicted octanol–water partition coefficient (Wildman–Crippen LogP) is 2.13. The van der Waals surface area contributed by atoms with Crippen molar-refractivity contribution >= 4 is 11.7 Å². The fourth-order valence-electron chi connectivity index (χ4n) is 2.78. The minimum Gasteiger partial charge on any atom is -0.341 e. The second-order valence-corrected chi connectivity index (χ2v) is 5.26. The Bertz CT molecular complexity index is 455. The number of nitrogens with zero attached hydrogens (tertiary/aromatic N) is 2. The Morgan fingerprint density at radius 3 is 2.65 bits per heavy atom. The first-order valence-corrected chi connectivity index (χ1v) is 7.32. The van der Waals surface area contributed by atoms with Gasteiger partial charge in [-0.1, -0.05) is 26.2 Å². The van der Waals surface area contributed by atoms with E-state index in [1.807, 2.05) is 6.92 Å². The monoisotopic (exact) mass is 275 g/mol. The largest absolute Gasteiger partial charge is 0.341 e. The number of amides is 1. The van der Waals surface area contributed by atoms with Crippen LogP contribution >= 0.6 is 0 Å². The maximum absolute atomic E-state index is 12.2. The van der Waals surface area contributed by atoms with Gasteiger partial charge in [-0.25, -0.2) is 4.98 Å². The molecule has 0 aromatic carbocycles. The van der Waals surface area contributed by atoms with Crippen LogP contribution in [0, 0.1) is 5.92 Å². The van der Waals surface area contributed by atoms with Crippen molar-refractivity contribution in [1.29, 1.82) is 0 Å².